The number of likely N-dealkylation sites (tertiary alicyclic amines) is 1. The Morgan fingerprint density at radius 2 is 2.37 bits per heavy atom. The van der Waals surface area contributed by atoms with Crippen LogP contribution in [0, 0.1) is 0 Å². The molecule has 4 nitrogen and oxygen atoms in total. The van der Waals surface area contributed by atoms with E-state index < -0.39 is 0 Å². The van der Waals surface area contributed by atoms with Crippen molar-refractivity contribution in [1.29, 1.82) is 0 Å². The Hall–Kier alpha value is -1.58. The lowest BCUT2D eigenvalue weighted by atomic mass is 10.1. The van der Waals surface area contributed by atoms with Gasteiger partial charge in [-0.25, -0.2) is 4.98 Å². The molecule has 0 radical (unpaired) electrons. The second kappa shape index (κ2) is 6.55. The van der Waals surface area contributed by atoms with E-state index in [1.54, 1.807) is 6.92 Å². The lowest BCUT2D eigenvalue weighted by Crippen LogP contribution is -2.28. The molecule has 0 spiro atoms. The molecule has 4 heteroatoms. The minimum atomic E-state index is 0.160. The molecule has 19 heavy (non-hydrogen) atoms. The maximum atomic E-state index is 11.6. The number of rotatable bonds is 5. The highest BCUT2D eigenvalue weighted by atomic mass is 16.2. The molecule has 1 aliphatic heterocycles. The van der Waals surface area contributed by atoms with Crippen molar-refractivity contribution in [2.24, 2.45) is 0 Å². The molecule has 0 bridgehead atoms. The van der Waals surface area contributed by atoms with E-state index in [4.69, 9.17) is 0 Å². The molecular formula is C15H23N3O. The average Bonchev–Trinajstić information content (AvgIpc) is 2.89. The molecule has 1 amide bonds. The van der Waals surface area contributed by atoms with Gasteiger partial charge in [0.05, 0.1) is 6.04 Å². The molecule has 0 aromatic carbocycles. The average molecular weight is 261 g/mol. The summed E-state index contributed by atoms with van der Waals surface area (Å²) in [5, 5.41) is 3.31. The van der Waals surface area contributed by atoms with Crippen LogP contribution in [0.25, 0.3) is 0 Å². The number of nitrogens with one attached hydrogen (secondary N) is 1. The minimum absolute atomic E-state index is 0.160. The number of aromatic nitrogens is 1. The largest absolute Gasteiger partial charge is 0.370 e. The third-order valence-corrected chi connectivity index (χ3v) is 3.66. The highest BCUT2D eigenvalue weighted by Crippen LogP contribution is 2.31. The van der Waals surface area contributed by atoms with Gasteiger partial charge in [-0.05, 0) is 30.9 Å². The molecule has 104 valence electrons. The Balaban J connectivity index is 1.99. The summed E-state index contributed by atoms with van der Waals surface area (Å²) < 4.78 is 0. The summed E-state index contributed by atoms with van der Waals surface area (Å²) in [7, 11) is 0. The Kier molecular flexibility index (Phi) is 4.77. The van der Waals surface area contributed by atoms with Crippen molar-refractivity contribution >= 4 is 11.7 Å². The molecule has 1 aliphatic rings. The van der Waals surface area contributed by atoms with E-state index in [0.29, 0.717) is 0 Å². The van der Waals surface area contributed by atoms with Crippen LogP contribution in [0.5, 0.6) is 0 Å². The SMILES string of the molecule is CCCCNc1ccc([C@@H]2CCCN2C(C)=O)cn1. The normalized spacial score (nSPS) is 18.6. The Labute approximate surface area is 115 Å². The van der Waals surface area contributed by atoms with Crippen molar-refractivity contribution in [3.05, 3.63) is 23.9 Å². The molecule has 2 heterocycles. The zero-order valence-electron chi connectivity index (χ0n) is 11.9. The van der Waals surface area contributed by atoms with Crippen molar-refractivity contribution in [3.8, 4) is 0 Å². The fraction of sp³-hybridized carbons (Fsp3) is 0.600. The molecule has 1 saturated heterocycles. The minimum Gasteiger partial charge on any atom is -0.370 e. The van der Waals surface area contributed by atoms with E-state index in [9.17, 15) is 4.79 Å². The zero-order valence-corrected chi connectivity index (χ0v) is 11.9. The number of nitrogens with zero attached hydrogens (tertiary/aromatic N) is 2. The summed E-state index contributed by atoms with van der Waals surface area (Å²) in [5.41, 5.74) is 1.15. The van der Waals surface area contributed by atoms with Crippen LogP contribution in [0.3, 0.4) is 0 Å². The van der Waals surface area contributed by atoms with Crippen LogP contribution >= 0.6 is 0 Å². The first-order chi connectivity index (χ1) is 9.22. The highest BCUT2D eigenvalue weighted by Gasteiger charge is 2.27. The second-order valence-electron chi connectivity index (χ2n) is 5.13. The monoisotopic (exact) mass is 261 g/mol. The van der Waals surface area contributed by atoms with E-state index in [-0.39, 0.29) is 11.9 Å². The predicted molar refractivity (Wildman–Crippen MR) is 77.0 cm³/mol. The van der Waals surface area contributed by atoms with Gasteiger partial charge in [-0.3, -0.25) is 4.79 Å². The molecule has 1 aromatic heterocycles. The van der Waals surface area contributed by atoms with Gasteiger partial charge in [-0.2, -0.15) is 0 Å². The van der Waals surface area contributed by atoms with Gasteiger partial charge in [0.25, 0.3) is 0 Å². The van der Waals surface area contributed by atoms with E-state index in [1.165, 1.54) is 6.42 Å². The number of hydrogen-bond donors (Lipinski definition) is 1. The Morgan fingerprint density at radius 1 is 1.53 bits per heavy atom. The lowest BCUT2D eigenvalue weighted by Gasteiger charge is -2.23. The molecule has 1 atom stereocenters. The van der Waals surface area contributed by atoms with Crippen LogP contribution in [0.15, 0.2) is 18.3 Å². The molecule has 0 aliphatic carbocycles. The van der Waals surface area contributed by atoms with Crippen LogP contribution in [-0.2, 0) is 4.79 Å². The topological polar surface area (TPSA) is 45.2 Å². The molecular weight excluding hydrogens is 238 g/mol. The molecule has 2 rings (SSSR count). The van der Waals surface area contributed by atoms with Crippen LogP contribution in [-0.4, -0.2) is 28.9 Å². The number of carbonyl (C=O) groups is 1. The van der Waals surface area contributed by atoms with Gasteiger partial charge in [-0.1, -0.05) is 19.4 Å². The molecule has 0 unspecified atom stereocenters. The van der Waals surface area contributed by atoms with Gasteiger partial charge < -0.3 is 10.2 Å². The zero-order chi connectivity index (χ0) is 13.7. The van der Waals surface area contributed by atoms with Crippen molar-refractivity contribution < 1.29 is 4.79 Å². The summed E-state index contributed by atoms with van der Waals surface area (Å²) >= 11 is 0. The quantitative estimate of drug-likeness (QED) is 0.829. The number of unbranched alkanes of at least 4 members (excludes halogenated alkanes) is 1. The molecule has 1 N–H and O–H groups in total. The summed E-state index contributed by atoms with van der Waals surface area (Å²) in [6.07, 6.45) is 6.37. The second-order valence-corrected chi connectivity index (χ2v) is 5.13. The van der Waals surface area contributed by atoms with Crippen LogP contribution in [0.4, 0.5) is 5.82 Å². The smallest absolute Gasteiger partial charge is 0.219 e. The van der Waals surface area contributed by atoms with Gasteiger partial charge >= 0.3 is 0 Å². The summed E-state index contributed by atoms with van der Waals surface area (Å²) in [6.45, 7) is 5.66. The van der Waals surface area contributed by atoms with Gasteiger partial charge in [0, 0.05) is 26.2 Å². The number of anilines is 1. The van der Waals surface area contributed by atoms with E-state index in [1.807, 2.05) is 17.2 Å². The maximum absolute atomic E-state index is 11.6. The third kappa shape index (κ3) is 3.46. The van der Waals surface area contributed by atoms with Crippen molar-refractivity contribution in [1.82, 2.24) is 9.88 Å². The first-order valence-corrected chi connectivity index (χ1v) is 7.19. The maximum Gasteiger partial charge on any atom is 0.219 e. The van der Waals surface area contributed by atoms with Crippen LogP contribution < -0.4 is 5.32 Å². The molecule has 1 fully saturated rings. The van der Waals surface area contributed by atoms with Gasteiger partial charge in [0.15, 0.2) is 0 Å². The third-order valence-electron chi connectivity index (χ3n) is 3.66. The van der Waals surface area contributed by atoms with Gasteiger partial charge in [0.2, 0.25) is 5.91 Å². The number of amides is 1. The standard InChI is InChI=1S/C15H23N3O/c1-3-4-9-16-15-8-7-13(11-17-15)14-6-5-10-18(14)12(2)19/h7-8,11,14H,3-6,9-10H2,1-2H3,(H,16,17)/t14-/m0/s1. The Bertz CT molecular complexity index is 416. The highest BCUT2D eigenvalue weighted by molar-refractivity contribution is 5.74. The summed E-state index contributed by atoms with van der Waals surface area (Å²) in [6, 6.07) is 4.32. The lowest BCUT2D eigenvalue weighted by molar-refractivity contribution is -0.129. The molecule has 0 saturated carbocycles. The predicted octanol–water partition coefficient (Wildman–Crippen LogP) is 2.98. The summed E-state index contributed by atoms with van der Waals surface area (Å²) in [5.74, 6) is 1.08. The fourth-order valence-corrected chi connectivity index (χ4v) is 2.59. The molecule has 1 aromatic rings. The number of carbonyl (C=O) groups excluding carboxylic acids is 1. The summed E-state index contributed by atoms with van der Waals surface area (Å²) in [4.78, 5) is 17.9. The van der Waals surface area contributed by atoms with E-state index in [0.717, 1.165) is 43.7 Å². The van der Waals surface area contributed by atoms with Crippen molar-refractivity contribution in [3.63, 3.8) is 0 Å². The first kappa shape index (κ1) is 13.8. The van der Waals surface area contributed by atoms with E-state index >= 15 is 0 Å². The van der Waals surface area contributed by atoms with Crippen LogP contribution in [0.1, 0.15) is 51.1 Å². The first-order valence-electron chi connectivity index (χ1n) is 7.19. The number of pyridine rings is 1. The van der Waals surface area contributed by atoms with Gasteiger partial charge in [0.1, 0.15) is 5.82 Å². The van der Waals surface area contributed by atoms with E-state index in [2.05, 4.69) is 23.3 Å². The van der Waals surface area contributed by atoms with Crippen molar-refractivity contribution in [2.45, 2.75) is 45.6 Å². The Morgan fingerprint density at radius 3 is 3.00 bits per heavy atom. The van der Waals surface area contributed by atoms with Crippen molar-refractivity contribution in [2.75, 3.05) is 18.4 Å². The fourth-order valence-electron chi connectivity index (χ4n) is 2.59. The van der Waals surface area contributed by atoms with Gasteiger partial charge in [-0.15, -0.1) is 0 Å². The van der Waals surface area contributed by atoms with Crippen LogP contribution in [0.2, 0.25) is 0 Å². The number of hydrogen-bond acceptors (Lipinski definition) is 3.